The van der Waals surface area contributed by atoms with Gasteiger partial charge in [0, 0.05) is 124 Å². The number of carbonyl (C=O) groups excluding carboxylic acids is 15. The third kappa shape index (κ3) is 79.1. The number of carbonyl (C=O) groups is 15. The van der Waals surface area contributed by atoms with Gasteiger partial charge in [0.1, 0.15) is 28.0 Å². The molecule has 0 aromatic rings. The van der Waals surface area contributed by atoms with E-state index < -0.39 is 182 Å². The molecule has 0 radical (unpaired) electrons. The number of carboxylic acid groups (broad SMARTS) is 15. The fraction of sp³-hybridized carbons (Fsp3) is 0.500. The third-order valence-corrected chi connectivity index (χ3v) is 6.27. The van der Waals surface area contributed by atoms with Crippen LogP contribution in [0.2, 0.25) is 0 Å². The largest absolute Gasteiger partial charge is 1.00 e. The molecule has 80 heavy (non-hydrogen) atoms. The zero-order chi connectivity index (χ0) is 53.2. The van der Waals surface area contributed by atoms with Crippen LogP contribution in [0.4, 0.5) is 0 Å². The fourth-order valence-corrected chi connectivity index (χ4v) is 3.42. The van der Waals surface area contributed by atoms with Crippen molar-refractivity contribution in [2.45, 2.75) is 92.2 Å². The van der Waals surface area contributed by atoms with Gasteiger partial charge in [-0.3, -0.25) is 0 Å². The van der Waals surface area contributed by atoms with E-state index in [-0.39, 0.29) is 443 Å². The molecule has 0 aliphatic carbocycles. The monoisotopic (exact) mass is 1290 g/mol. The quantitative estimate of drug-likeness (QED) is 0.0530. The number of hydrogen-bond acceptors (Lipinski definition) is 35. The summed E-state index contributed by atoms with van der Waals surface area (Å²) in [5.74, 6) is -29.9. The molecule has 0 amide bonds. The molecular weight excluding hydrogens is 1270 g/mol. The Labute approximate surface area is 782 Å². The van der Waals surface area contributed by atoms with Crippen LogP contribution in [-0.2, 0) is 71.9 Å². The maximum absolute atomic E-state index is 10.1. The normalized spacial score (nSPS) is 8.81. The molecule has 0 unspecified atom stereocenters. The van der Waals surface area contributed by atoms with Gasteiger partial charge in [0.15, 0.2) is 0 Å². The fourth-order valence-electron chi connectivity index (χ4n) is 3.42. The number of carboxylic acids is 15. The van der Waals surface area contributed by atoms with Crippen molar-refractivity contribution in [2.75, 3.05) is 0 Å². The number of hydrogen-bond donors (Lipinski definition) is 5. The first-order chi connectivity index (χ1) is 28.9. The van der Waals surface area contributed by atoms with Gasteiger partial charge in [0.05, 0.1) is 29.8 Å². The molecule has 0 aromatic carbocycles. The Balaban J connectivity index is -0.0000000299. The van der Waals surface area contributed by atoms with E-state index in [1.54, 1.807) is 0 Å². The third-order valence-electron chi connectivity index (χ3n) is 6.27. The Hall–Kier alpha value is 6.85. The van der Waals surface area contributed by atoms with Crippen LogP contribution in [0.5, 0.6) is 0 Å². The number of aliphatic carboxylic acids is 15. The van der Waals surface area contributed by atoms with Gasteiger partial charge in [0.2, 0.25) is 0 Å². The van der Waals surface area contributed by atoms with Crippen LogP contribution in [0, 0.1) is 0 Å². The van der Waals surface area contributed by atoms with Gasteiger partial charge in [-0.2, -0.15) is 0 Å². The molecule has 0 spiro atoms. The van der Waals surface area contributed by atoms with Crippen molar-refractivity contribution in [2.24, 2.45) is 0 Å². The minimum atomic E-state index is -2.97. The van der Waals surface area contributed by atoms with E-state index in [0.717, 1.165) is 0 Å². The van der Waals surface area contributed by atoms with Crippen molar-refractivity contribution >= 4 is 89.5 Å². The average Bonchev–Trinajstić information content (AvgIpc) is 3.01. The van der Waals surface area contributed by atoms with Crippen molar-refractivity contribution in [1.82, 2.24) is 0 Å². The first kappa shape index (κ1) is 143. The topological polar surface area (TPSA) is 703 Å². The zero-order valence-corrected chi connectivity index (χ0v) is 76.6. The molecule has 0 rings (SSSR count). The van der Waals surface area contributed by atoms with Crippen LogP contribution in [0.1, 0.15) is 64.2 Å². The first-order valence-corrected chi connectivity index (χ1v) is 15.6. The van der Waals surface area contributed by atoms with Crippen molar-refractivity contribution in [3.8, 4) is 0 Å². The summed E-state index contributed by atoms with van der Waals surface area (Å²) in [6.07, 6.45) is -13.6. The maximum atomic E-state index is 10.1. The van der Waals surface area contributed by atoms with Gasteiger partial charge < -0.3 is 174 Å². The van der Waals surface area contributed by atoms with Crippen LogP contribution in [0.15, 0.2) is 0 Å². The average molecular weight is 1290 g/mol. The summed E-state index contributed by atoms with van der Waals surface area (Å²) in [6, 6.07) is 0. The van der Waals surface area contributed by atoms with E-state index in [1.165, 1.54) is 0 Å². The van der Waals surface area contributed by atoms with E-state index in [0.29, 0.717) is 0 Å². The van der Waals surface area contributed by atoms with Crippen LogP contribution >= 0.6 is 0 Å². The standard InChI is InChI=1S/5C6H8O7.15Na/c5*7-3(8)1-6(13,5(11)12)2-4(9)10;;;;;;;;;;;;;;;/h5*13H,1-2H2,(H,7,8)(H,9,10)(H,11,12);;;;;;;;;;;;;;;/q;;;;;15*+1/p-15. The smallest absolute Gasteiger partial charge is 0.550 e. The summed E-state index contributed by atoms with van der Waals surface area (Å²) in [5.41, 5.74) is -14.9. The molecule has 0 atom stereocenters. The first-order valence-electron chi connectivity index (χ1n) is 15.6. The Bertz CT molecular complexity index is 1490. The summed E-state index contributed by atoms with van der Waals surface area (Å²) in [4.78, 5) is 150. The van der Waals surface area contributed by atoms with Gasteiger partial charge in [-0.15, -0.1) is 0 Å². The Morgan fingerprint density at radius 2 is 0.225 bits per heavy atom. The minimum Gasteiger partial charge on any atom is -0.550 e. The predicted molar refractivity (Wildman–Crippen MR) is 146 cm³/mol. The van der Waals surface area contributed by atoms with Crippen LogP contribution in [0.3, 0.4) is 0 Å². The molecule has 0 bridgehead atoms. The SMILES string of the molecule is O=C([O-])CC(O)(CC(=O)[O-])C(=O)[O-].O=C([O-])CC(O)(CC(=O)[O-])C(=O)[O-].O=C([O-])CC(O)(CC(=O)[O-])C(=O)[O-].O=C([O-])CC(O)(CC(=O)[O-])C(=O)[O-].O=C([O-])CC(O)(CC(=O)[O-])C(=O)[O-].[Na+].[Na+].[Na+].[Na+].[Na+].[Na+].[Na+].[Na+].[Na+].[Na+].[Na+].[Na+].[Na+].[Na+].[Na+]. The second-order valence-electron chi connectivity index (χ2n) is 12.1. The van der Waals surface area contributed by atoms with E-state index in [4.69, 9.17) is 25.5 Å². The molecule has 50 heteroatoms. The molecule has 370 valence electrons. The van der Waals surface area contributed by atoms with Crippen molar-refractivity contribution in [3.63, 3.8) is 0 Å². The summed E-state index contributed by atoms with van der Waals surface area (Å²) in [7, 11) is 0. The van der Waals surface area contributed by atoms with Crippen molar-refractivity contribution in [1.29, 1.82) is 0 Å². The molecule has 0 aromatic heterocycles. The van der Waals surface area contributed by atoms with Crippen LogP contribution in [0.25, 0.3) is 0 Å². The summed E-state index contributed by atoms with van der Waals surface area (Å²) in [6.45, 7) is 0. The van der Waals surface area contributed by atoms with Crippen molar-refractivity contribution in [3.05, 3.63) is 0 Å². The van der Waals surface area contributed by atoms with E-state index in [1.807, 2.05) is 0 Å². The molecule has 35 nitrogen and oxygen atoms in total. The second kappa shape index (κ2) is 73.3. The van der Waals surface area contributed by atoms with Gasteiger partial charge in [-0.1, -0.05) is 0 Å². The molecule has 5 N–H and O–H groups in total. The van der Waals surface area contributed by atoms with E-state index >= 15 is 0 Å². The van der Waals surface area contributed by atoms with Crippen LogP contribution in [-0.4, -0.2) is 143 Å². The summed E-state index contributed by atoms with van der Waals surface area (Å²) >= 11 is 0. The molecule has 0 aliphatic rings. The second-order valence-corrected chi connectivity index (χ2v) is 12.1. The molecule has 0 saturated heterocycles. The Morgan fingerprint density at radius 3 is 0.250 bits per heavy atom. The molecule has 0 heterocycles. The van der Waals surface area contributed by atoms with Crippen LogP contribution < -0.4 is 520 Å². The number of rotatable bonds is 25. The van der Waals surface area contributed by atoms with Gasteiger partial charge in [-0.25, -0.2) is 0 Å². The maximum Gasteiger partial charge on any atom is 1.00 e. The zero-order valence-electron chi connectivity index (χ0n) is 46.6. The van der Waals surface area contributed by atoms with Gasteiger partial charge in [0.25, 0.3) is 0 Å². The molecule has 0 fully saturated rings. The van der Waals surface area contributed by atoms with Gasteiger partial charge >= 0.3 is 443 Å². The Kier molecular flexibility index (Phi) is 131. The molecule has 0 saturated carbocycles. The van der Waals surface area contributed by atoms with E-state index in [9.17, 15) is 149 Å². The van der Waals surface area contributed by atoms with Crippen molar-refractivity contribution < 1.29 is 617 Å². The number of aliphatic hydroxyl groups is 5. The van der Waals surface area contributed by atoms with Gasteiger partial charge in [-0.05, 0) is 0 Å². The summed E-state index contributed by atoms with van der Waals surface area (Å²) < 4.78 is 0. The minimum absolute atomic E-state index is 0. The molecule has 0 aliphatic heterocycles. The Morgan fingerprint density at radius 1 is 0.175 bits per heavy atom. The van der Waals surface area contributed by atoms with E-state index in [2.05, 4.69) is 0 Å². The molecular formula is C30H25Na15O35. The summed E-state index contributed by atoms with van der Waals surface area (Å²) in [5, 5.41) is 195. The predicted octanol–water partition coefficient (Wildman–Crippen LogP) is -71.2.